The van der Waals surface area contributed by atoms with Gasteiger partial charge in [0.2, 0.25) is 0 Å². The lowest BCUT2D eigenvalue weighted by Crippen LogP contribution is -2.26. The molecule has 0 unspecified atom stereocenters. The van der Waals surface area contributed by atoms with Crippen molar-refractivity contribution in [1.29, 1.82) is 0 Å². The summed E-state index contributed by atoms with van der Waals surface area (Å²) in [4.78, 5) is 13.2. The molecule has 0 radical (unpaired) electrons. The van der Waals surface area contributed by atoms with Crippen LogP contribution in [0.15, 0.2) is 68.8 Å². The predicted molar refractivity (Wildman–Crippen MR) is 117 cm³/mol. The summed E-state index contributed by atoms with van der Waals surface area (Å²) in [6.07, 6.45) is 0.542. The van der Waals surface area contributed by atoms with Crippen LogP contribution in [0.1, 0.15) is 39.7 Å². The predicted octanol–water partition coefficient (Wildman–Crippen LogP) is 5.36. The second-order valence-electron chi connectivity index (χ2n) is 7.00. The molecule has 1 aromatic heterocycles. The van der Waals surface area contributed by atoms with Crippen LogP contribution in [0.25, 0.3) is 0 Å². The largest absolute Gasteiger partial charge is 0.497 e. The number of hydrogen-bond donors (Lipinski definition) is 0. The summed E-state index contributed by atoms with van der Waals surface area (Å²) < 4.78 is 16.9. The standard InChI is InChI=1S/C23H21BrN2O4/c1-14-5-4-6-15(11-14)19-13-18(17-12-16(28-2)7-8-20(17)29-3)25-26(19)23(27)21-9-10-22(24)30-21/h4-12,19H,13H2,1-3H3/t19-/m1/s1. The van der Waals surface area contributed by atoms with Crippen LogP contribution in [0, 0.1) is 6.92 Å². The molecule has 0 spiro atoms. The van der Waals surface area contributed by atoms with Gasteiger partial charge in [-0.15, -0.1) is 0 Å². The van der Waals surface area contributed by atoms with Gasteiger partial charge >= 0.3 is 5.91 Å². The van der Waals surface area contributed by atoms with Crippen LogP contribution in [-0.4, -0.2) is 30.8 Å². The molecule has 7 heteroatoms. The summed E-state index contributed by atoms with van der Waals surface area (Å²) in [7, 11) is 3.23. The minimum Gasteiger partial charge on any atom is -0.497 e. The Balaban J connectivity index is 1.79. The number of ether oxygens (including phenoxy) is 2. The second kappa shape index (κ2) is 8.36. The van der Waals surface area contributed by atoms with E-state index in [4.69, 9.17) is 19.0 Å². The average molecular weight is 469 g/mol. The van der Waals surface area contributed by atoms with Gasteiger partial charge in [0.05, 0.1) is 26.0 Å². The molecule has 0 fully saturated rings. The van der Waals surface area contributed by atoms with E-state index in [9.17, 15) is 4.79 Å². The number of carbonyl (C=O) groups is 1. The average Bonchev–Trinajstić information content (AvgIpc) is 3.39. The Morgan fingerprint density at radius 2 is 1.97 bits per heavy atom. The van der Waals surface area contributed by atoms with Crippen LogP contribution in [0.4, 0.5) is 0 Å². The number of hydrogen-bond acceptors (Lipinski definition) is 5. The molecule has 154 valence electrons. The number of furan rings is 1. The molecule has 1 atom stereocenters. The van der Waals surface area contributed by atoms with Crippen LogP contribution >= 0.6 is 15.9 Å². The lowest BCUT2D eigenvalue weighted by Gasteiger charge is -2.21. The van der Waals surface area contributed by atoms with Crippen molar-refractivity contribution < 1.29 is 18.7 Å². The third-order valence-corrected chi connectivity index (χ3v) is 5.47. The van der Waals surface area contributed by atoms with Gasteiger partial charge < -0.3 is 13.9 Å². The molecule has 4 rings (SSSR count). The Bertz CT molecular complexity index is 1120. The summed E-state index contributed by atoms with van der Waals surface area (Å²) in [5.74, 6) is 1.29. The Morgan fingerprint density at radius 1 is 1.13 bits per heavy atom. The smallest absolute Gasteiger partial charge is 0.310 e. The zero-order chi connectivity index (χ0) is 21.3. The van der Waals surface area contributed by atoms with Gasteiger partial charge in [-0.25, -0.2) is 5.01 Å². The number of carbonyl (C=O) groups excluding carboxylic acids is 1. The minimum atomic E-state index is -0.302. The quantitative estimate of drug-likeness (QED) is 0.505. The van der Waals surface area contributed by atoms with Gasteiger partial charge in [0.15, 0.2) is 10.4 Å². The molecule has 0 N–H and O–H groups in total. The molecule has 6 nitrogen and oxygen atoms in total. The van der Waals surface area contributed by atoms with E-state index in [-0.39, 0.29) is 17.7 Å². The number of benzene rings is 2. The zero-order valence-corrected chi connectivity index (χ0v) is 18.5. The van der Waals surface area contributed by atoms with Crippen LogP contribution in [0.3, 0.4) is 0 Å². The molecule has 3 aromatic rings. The number of nitrogens with zero attached hydrogens (tertiary/aromatic N) is 2. The summed E-state index contributed by atoms with van der Waals surface area (Å²) in [5.41, 5.74) is 3.67. The molecule has 0 aliphatic carbocycles. The van der Waals surface area contributed by atoms with E-state index in [0.29, 0.717) is 22.6 Å². The van der Waals surface area contributed by atoms with E-state index < -0.39 is 0 Å². The van der Waals surface area contributed by atoms with E-state index in [1.54, 1.807) is 26.4 Å². The van der Waals surface area contributed by atoms with Gasteiger partial charge in [-0.05, 0) is 58.7 Å². The molecule has 2 heterocycles. The Labute approximate surface area is 183 Å². The fourth-order valence-electron chi connectivity index (χ4n) is 3.58. The normalized spacial score (nSPS) is 15.8. The van der Waals surface area contributed by atoms with Crippen molar-refractivity contribution in [3.05, 3.63) is 81.7 Å². The van der Waals surface area contributed by atoms with Gasteiger partial charge in [0.25, 0.3) is 0 Å². The SMILES string of the molecule is COc1ccc(OC)c(C2=NN(C(=O)c3ccc(Br)o3)[C@@H](c3cccc(C)c3)C2)c1. The lowest BCUT2D eigenvalue weighted by molar-refractivity contribution is 0.0677. The second-order valence-corrected chi connectivity index (χ2v) is 7.78. The van der Waals surface area contributed by atoms with Crippen molar-refractivity contribution in [1.82, 2.24) is 5.01 Å². The van der Waals surface area contributed by atoms with Gasteiger partial charge in [0.1, 0.15) is 11.5 Å². The maximum atomic E-state index is 13.2. The highest BCUT2D eigenvalue weighted by Crippen LogP contribution is 2.37. The summed E-state index contributed by atoms with van der Waals surface area (Å²) in [6, 6.07) is 16.7. The first kappa shape index (κ1) is 20.2. The third kappa shape index (κ3) is 3.85. The minimum absolute atomic E-state index is 0.224. The molecule has 2 aromatic carbocycles. The zero-order valence-electron chi connectivity index (χ0n) is 16.9. The monoisotopic (exact) mass is 468 g/mol. The summed E-state index contributed by atoms with van der Waals surface area (Å²) in [6.45, 7) is 2.03. The molecule has 30 heavy (non-hydrogen) atoms. The van der Waals surface area contributed by atoms with Crippen molar-refractivity contribution in [2.45, 2.75) is 19.4 Å². The first-order chi connectivity index (χ1) is 14.5. The van der Waals surface area contributed by atoms with Crippen molar-refractivity contribution in [2.24, 2.45) is 5.10 Å². The van der Waals surface area contributed by atoms with Crippen molar-refractivity contribution in [2.75, 3.05) is 14.2 Å². The maximum absolute atomic E-state index is 13.2. The van der Waals surface area contributed by atoms with Crippen molar-refractivity contribution >= 4 is 27.5 Å². The molecular weight excluding hydrogens is 448 g/mol. The van der Waals surface area contributed by atoms with Crippen molar-refractivity contribution in [3.8, 4) is 11.5 Å². The number of aryl methyl sites for hydroxylation is 1. The molecular formula is C23H21BrN2O4. The van der Waals surface area contributed by atoms with Crippen LogP contribution in [0.2, 0.25) is 0 Å². The van der Waals surface area contributed by atoms with Gasteiger partial charge in [-0.1, -0.05) is 29.8 Å². The lowest BCUT2D eigenvalue weighted by atomic mass is 9.96. The topological polar surface area (TPSA) is 64.3 Å². The van der Waals surface area contributed by atoms with Crippen molar-refractivity contribution in [3.63, 3.8) is 0 Å². The highest BCUT2D eigenvalue weighted by Gasteiger charge is 2.36. The Kier molecular flexibility index (Phi) is 5.63. The highest BCUT2D eigenvalue weighted by molar-refractivity contribution is 9.10. The third-order valence-electron chi connectivity index (χ3n) is 5.05. The Hall–Kier alpha value is -3.06. The fourth-order valence-corrected chi connectivity index (χ4v) is 3.89. The van der Waals surface area contributed by atoms with Gasteiger partial charge in [0, 0.05) is 12.0 Å². The molecule has 1 amide bonds. The molecule has 1 aliphatic rings. The van der Waals surface area contributed by atoms with E-state index in [0.717, 1.165) is 22.4 Å². The van der Waals surface area contributed by atoms with E-state index in [2.05, 4.69) is 22.0 Å². The first-order valence-electron chi connectivity index (χ1n) is 9.45. The van der Waals surface area contributed by atoms with E-state index in [1.807, 2.05) is 43.3 Å². The van der Waals surface area contributed by atoms with E-state index in [1.165, 1.54) is 5.01 Å². The first-order valence-corrected chi connectivity index (χ1v) is 10.2. The highest BCUT2D eigenvalue weighted by atomic mass is 79.9. The van der Waals surface area contributed by atoms with Crippen LogP contribution in [0.5, 0.6) is 11.5 Å². The summed E-state index contributed by atoms with van der Waals surface area (Å²) in [5, 5.41) is 6.20. The molecule has 1 aliphatic heterocycles. The number of rotatable bonds is 5. The molecule has 0 saturated heterocycles. The number of amides is 1. The molecule has 0 bridgehead atoms. The fraction of sp³-hybridized carbons (Fsp3) is 0.217. The number of methoxy groups -OCH3 is 2. The Morgan fingerprint density at radius 3 is 2.63 bits per heavy atom. The summed E-state index contributed by atoms with van der Waals surface area (Å²) >= 11 is 3.26. The molecule has 0 saturated carbocycles. The van der Waals surface area contributed by atoms with Crippen LogP contribution in [-0.2, 0) is 0 Å². The number of halogens is 1. The van der Waals surface area contributed by atoms with Gasteiger partial charge in [-0.3, -0.25) is 4.79 Å². The maximum Gasteiger partial charge on any atom is 0.310 e. The van der Waals surface area contributed by atoms with E-state index >= 15 is 0 Å². The van der Waals surface area contributed by atoms with Crippen LogP contribution < -0.4 is 9.47 Å². The van der Waals surface area contributed by atoms with Gasteiger partial charge in [-0.2, -0.15) is 5.10 Å². The number of hydrazone groups is 1.